The van der Waals surface area contributed by atoms with Crippen LogP contribution >= 0.6 is 0 Å². The monoisotopic (exact) mass is 449 g/mol. The molecule has 3 N–H and O–H groups in total. The minimum absolute atomic E-state index is 0.0798. The minimum atomic E-state index is -1.01. The molecule has 0 fully saturated rings. The van der Waals surface area contributed by atoms with Gasteiger partial charge in [0.1, 0.15) is 5.76 Å². The first-order valence-corrected chi connectivity index (χ1v) is 10.7. The van der Waals surface area contributed by atoms with E-state index in [2.05, 4.69) is 24.1 Å². The molecular formula is C26H31N3O4. The number of nitrogens with zero attached hydrogens (tertiary/aromatic N) is 1. The highest BCUT2D eigenvalue weighted by Gasteiger charge is 2.42. The summed E-state index contributed by atoms with van der Waals surface area (Å²) in [6, 6.07) is 9.93. The molecule has 1 heterocycles. The zero-order chi connectivity index (χ0) is 24.2. The van der Waals surface area contributed by atoms with Crippen LogP contribution in [-0.2, 0) is 30.1 Å². The van der Waals surface area contributed by atoms with Gasteiger partial charge in [0.25, 0.3) is 0 Å². The highest BCUT2D eigenvalue weighted by atomic mass is 16.5. The largest absolute Gasteiger partial charge is 0.498 e. The number of hydrogen-bond acceptors (Lipinski definition) is 5. The highest BCUT2D eigenvalue weighted by molar-refractivity contribution is 5.93. The number of aromatic nitrogens is 1. The van der Waals surface area contributed by atoms with Gasteiger partial charge in [0.2, 0.25) is 11.8 Å². The van der Waals surface area contributed by atoms with Crippen LogP contribution in [0.25, 0.3) is 11.1 Å². The van der Waals surface area contributed by atoms with Gasteiger partial charge in [-0.05, 0) is 41.0 Å². The van der Waals surface area contributed by atoms with E-state index in [0.717, 1.165) is 22.3 Å². The molecule has 0 saturated heterocycles. The Morgan fingerprint density at radius 1 is 1.21 bits per heavy atom. The lowest BCUT2D eigenvalue weighted by Crippen LogP contribution is -2.37. The molecule has 2 aromatic rings. The maximum atomic E-state index is 12.0. The van der Waals surface area contributed by atoms with Crippen LogP contribution in [0.4, 0.5) is 0 Å². The number of hydrogen-bond donors (Lipinski definition) is 2. The van der Waals surface area contributed by atoms with Crippen molar-refractivity contribution in [3.8, 4) is 11.1 Å². The number of nitrogens with one attached hydrogen (secondary N) is 1. The first kappa shape index (κ1) is 24.2. The van der Waals surface area contributed by atoms with E-state index in [1.54, 1.807) is 38.8 Å². The van der Waals surface area contributed by atoms with Crippen molar-refractivity contribution in [2.45, 2.75) is 38.2 Å². The van der Waals surface area contributed by atoms with Gasteiger partial charge >= 0.3 is 0 Å². The number of primary amides is 1. The topological polar surface area (TPSA) is 104 Å². The highest BCUT2D eigenvalue weighted by Crippen LogP contribution is 2.44. The van der Waals surface area contributed by atoms with E-state index in [9.17, 15) is 9.59 Å². The van der Waals surface area contributed by atoms with E-state index in [0.29, 0.717) is 17.9 Å². The molecule has 0 spiro atoms. The van der Waals surface area contributed by atoms with Crippen LogP contribution in [-0.4, -0.2) is 37.6 Å². The van der Waals surface area contributed by atoms with E-state index >= 15 is 0 Å². The fraction of sp³-hybridized carbons (Fsp3) is 0.346. The summed E-state index contributed by atoms with van der Waals surface area (Å²) >= 11 is 0. The Bertz CT molecular complexity index is 1110. The summed E-state index contributed by atoms with van der Waals surface area (Å²) in [4.78, 5) is 27.8. The summed E-state index contributed by atoms with van der Waals surface area (Å²) in [6.07, 6.45) is 7.18. The molecular weight excluding hydrogens is 418 g/mol. The number of methoxy groups -OCH3 is 2. The lowest BCUT2D eigenvalue weighted by Gasteiger charge is -2.37. The van der Waals surface area contributed by atoms with Gasteiger partial charge in [-0.15, -0.1) is 0 Å². The number of allylic oxidation sites excluding steroid dienone is 2. The maximum absolute atomic E-state index is 12.0. The van der Waals surface area contributed by atoms with Gasteiger partial charge in [0.05, 0.1) is 7.11 Å². The van der Waals surface area contributed by atoms with Gasteiger partial charge in [0.15, 0.2) is 5.60 Å². The van der Waals surface area contributed by atoms with Gasteiger partial charge in [-0.2, -0.15) is 0 Å². The normalized spacial score (nSPS) is 18.2. The summed E-state index contributed by atoms with van der Waals surface area (Å²) in [5, 5.41) is 2.93. The Labute approximate surface area is 194 Å². The first-order valence-electron chi connectivity index (χ1n) is 10.7. The van der Waals surface area contributed by atoms with Gasteiger partial charge in [-0.3, -0.25) is 14.6 Å². The standard InChI is InChI=1S/C26H31N3O4/c1-17(30)29-16-25(2,3)22-10-9-20(13-21(22)19-7-6-12-28-15-19)26(33-5)14-18(24(27)31)8-11-23(26)32-4/h6-13,15H,14,16H2,1-5H3,(H2,27,31)(H,29,30). The van der Waals surface area contributed by atoms with E-state index < -0.39 is 11.5 Å². The van der Waals surface area contributed by atoms with E-state index in [1.165, 1.54) is 6.92 Å². The molecule has 1 unspecified atom stereocenters. The van der Waals surface area contributed by atoms with Crippen molar-refractivity contribution in [2.24, 2.45) is 5.73 Å². The second kappa shape index (κ2) is 9.58. The molecule has 1 atom stereocenters. The number of benzene rings is 1. The van der Waals surface area contributed by atoms with Crippen molar-refractivity contribution in [1.82, 2.24) is 10.3 Å². The number of rotatable bonds is 8. The Morgan fingerprint density at radius 2 is 1.97 bits per heavy atom. The first-order chi connectivity index (χ1) is 15.6. The average Bonchev–Trinajstić information content (AvgIpc) is 2.82. The van der Waals surface area contributed by atoms with Crippen LogP contribution in [0.1, 0.15) is 38.3 Å². The number of nitrogens with two attached hydrogens (primary N) is 1. The predicted octanol–water partition coefficient (Wildman–Crippen LogP) is 3.35. The van der Waals surface area contributed by atoms with Crippen molar-refractivity contribution < 1.29 is 19.1 Å². The molecule has 1 aromatic carbocycles. The summed E-state index contributed by atoms with van der Waals surface area (Å²) in [5.74, 6) is 0.00423. The van der Waals surface area contributed by atoms with Gasteiger partial charge in [-0.25, -0.2) is 0 Å². The van der Waals surface area contributed by atoms with Crippen LogP contribution in [0.3, 0.4) is 0 Å². The number of ether oxygens (including phenoxy) is 2. The number of carbonyl (C=O) groups excluding carboxylic acids is 2. The molecule has 0 aliphatic heterocycles. The van der Waals surface area contributed by atoms with Crippen LogP contribution in [0, 0.1) is 0 Å². The second-order valence-corrected chi connectivity index (χ2v) is 8.79. The van der Waals surface area contributed by atoms with Crippen molar-refractivity contribution in [2.75, 3.05) is 20.8 Å². The van der Waals surface area contributed by atoms with Crippen LogP contribution in [0.15, 0.2) is 66.2 Å². The van der Waals surface area contributed by atoms with E-state index in [1.807, 2.05) is 30.3 Å². The molecule has 0 bridgehead atoms. The SMILES string of the molecule is COC1=CC=C(C(N)=O)CC1(OC)c1ccc(C(C)(C)CNC(C)=O)c(-c2cccnc2)c1. The molecule has 1 aliphatic carbocycles. The molecule has 0 radical (unpaired) electrons. The van der Waals surface area contributed by atoms with Crippen LogP contribution in [0.5, 0.6) is 0 Å². The minimum Gasteiger partial charge on any atom is -0.498 e. The summed E-state index contributed by atoms with van der Waals surface area (Å²) in [7, 11) is 3.17. The third kappa shape index (κ3) is 4.83. The van der Waals surface area contributed by atoms with Crippen molar-refractivity contribution in [3.05, 3.63) is 77.3 Å². The van der Waals surface area contributed by atoms with E-state index in [4.69, 9.17) is 15.2 Å². The number of pyridine rings is 1. The average molecular weight is 450 g/mol. The lowest BCUT2D eigenvalue weighted by molar-refractivity contribution is -0.119. The lowest BCUT2D eigenvalue weighted by atomic mass is 9.76. The molecule has 0 saturated carbocycles. The zero-order valence-electron chi connectivity index (χ0n) is 19.8. The van der Waals surface area contributed by atoms with Gasteiger partial charge < -0.3 is 20.5 Å². The summed E-state index contributed by atoms with van der Waals surface area (Å²) in [5.41, 5.74) is 8.43. The quantitative estimate of drug-likeness (QED) is 0.643. The van der Waals surface area contributed by atoms with Gasteiger partial charge in [-0.1, -0.05) is 32.0 Å². The van der Waals surface area contributed by atoms with Crippen molar-refractivity contribution in [3.63, 3.8) is 0 Å². The Morgan fingerprint density at radius 3 is 2.55 bits per heavy atom. The molecule has 7 heteroatoms. The molecule has 1 aromatic heterocycles. The Hall–Kier alpha value is -3.45. The Kier molecular flexibility index (Phi) is 7.03. The fourth-order valence-corrected chi connectivity index (χ4v) is 4.25. The van der Waals surface area contributed by atoms with Crippen molar-refractivity contribution >= 4 is 11.8 Å². The van der Waals surface area contributed by atoms with Crippen LogP contribution in [0.2, 0.25) is 0 Å². The third-order valence-electron chi connectivity index (χ3n) is 6.13. The molecule has 1 aliphatic rings. The molecule has 3 rings (SSSR count). The molecule has 33 heavy (non-hydrogen) atoms. The van der Waals surface area contributed by atoms with Gasteiger partial charge in [0, 0.05) is 55.9 Å². The maximum Gasteiger partial charge on any atom is 0.244 e. The summed E-state index contributed by atoms with van der Waals surface area (Å²) in [6.45, 7) is 6.15. The smallest absolute Gasteiger partial charge is 0.244 e. The fourth-order valence-electron chi connectivity index (χ4n) is 4.25. The molecule has 7 nitrogen and oxygen atoms in total. The van der Waals surface area contributed by atoms with Crippen LogP contribution < -0.4 is 11.1 Å². The molecule has 174 valence electrons. The zero-order valence-corrected chi connectivity index (χ0v) is 19.8. The molecule has 2 amide bonds. The Balaban J connectivity index is 2.20. The predicted molar refractivity (Wildman–Crippen MR) is 127 cm³/mol. The second-order valence-electron chi connectivity index (χ2n) is 8.79. The summed E-state index contributed by atoms with van der Waals surface area (Å²) < 4.78 is 11.7. The van der Waals surface area contributed by atoms with E-state index in [-0.39, 0.29) is 17.7 Å². The third-order valence-corrected chi connectivity index (χ3v) is 6.13. The number of carbonyl (C=O) groups is 2. The van der Waals surface area contributed by atoms with Crippen molar-refractivity contribution in [1.29, 1.82) is 0 Å². The number of amides is 2.